The first-order valence-electron chi connectivity index (χ1n) is 6.71. The molecule has 0 aliphatic heterocycles. The highest BCUT2D eigenvalue weighted by Gasteiger charge is 2.27. The minimum Gasteiger partial charge on any atom is -0.496 e. The molecule has 1 aromatic carbocycles. The van der Waals surface area contributed by atoms with Gasteiger partial charge < -0.3 is 10.5 Å². The van der Waals surface area contributed by atoms with E-state index < -0.39 is 0 Å². The second-order valence-corrected chi connectivity index (χ2v) is 5.38. The summed E-state index contributed by atoms with van der Waals surface area (Å²) in [5, 5.41) is 0. The second kappa shape index (κ2) is 5.72. The van der Waals surface area contributed by atoms with Gasteiger partial charge in [0, 0.05) is 18.6 Å². The lowest BCUT2D eigenvalue weighted by atomic mass is 10.1. The van der Waals surface area contributed by atoms with Crippen molar-refractivity contribution in [3.8, 4) is 5.75 Å². The van der Waals surface area contributed by atoms with E-state index in [1.165, 1.54) is 24.0 Å². The van der Waals surface area contributed by atoms with E-state index in [1.54, 1.807) is 7.11 Å². The Morgan fingerprint density at radius 2 is 2.17 bits per heavy atom. The molecule has 1 aliphatic carbocycles. The molecule has 0 bridgehead atoms. The Bertz CT molecular complexity index is 405. The number of rotatable bonds is 4. The minimum absolute atomic E-state index is 0.342. The average Bonchev–Trinajstić information content (AvgIpc) is 2.76. The summed E-state index contributed by atoms with van der Waals surface area (Å²) in [5.74, 6) is 0.957. The van der Waals surface area contributed by atoms with Crippen LogP contribution in [0.15, 0.2) is 18.2 Å². The molecule has 3 heteroatoms. The molecule has 0 radical (unpaired) electrons. The molecule has 1 fully saturated rings. The van der Waals surface area contributed by atoms with Gasteiger partial charge in [0.05, 0.1) is 7.11 Å². The first-order valence-corrected chi connectivity index (χ1v) is 6.71. The van der Waals surface area contributed by atoms with Gasteiger partial charge >= 0.3 is 0 Å². The Labute approximate surface area is 110 Å². The molecule has 2 rings (SSSR count). The zero-order valence-corrected chi connectivity index (χ0v) is 11.6. The first-order chi connectivity index (χ1) is 8.61. The van der Waals surface area contributed by atoms with Crippen molar-refractivity contribution in [3.05, 3.63) is 29.3 Å². The van der Waals surface area contributed by atoms with Crippen molar-refractivity contribution in [2.24, 2.45) is 5.73 Å². The Kier molecular flexibility index (Phi) is 4.25. The summed E-state index contributed by atoms with van der Waals surface area (Å²) < 4.78 is 5.29. The highest BCUT2D eigenvalue weighted by Crippen LogP contribution is 2.24. The Balaban J connectivity index is 2.02. The summed E-state index contributed by atoms with van der Waals surface area (Å²) in [5.41, 5.74) is 8.67. The number of nitrogens with two attached hydrogens (primary N) is 1. The third-order valence-electron chi connectivity index (χ3n) is 3.99. The highest BCUT2D eigenvalue weighted by atomic mass is 16.5. The number of methoxy groups -OCH3 is 1. The molecule has 2 N–H and O–H groups in total. The lowest BCUT2D eigenvalue weighted by Crippen LogP contribution is -2.41. The van der Waals surface area contributed by atoms with E-state index in [2.05, 4.69) is 31.0 Å². The molecule has 1 aromatic rings. The van der Waals surface area contributed by atoms with Crippen LogP contribution in [0, 0.1) is 6.92 Å². The van der Waals surface area contributed by atoms with Crippen molar-refractivity contribution in [1.82, 2.24) is 4.90 Å². The normalized spacial score (nSPS) is 23.6. The van der Waals surface area contributed by atoms with Crippen LogP contribution in [-0.2, 0) is 6.54 Å². The molecule has 0 saturated heterocycles. The SMILES string of the molecule is COc1ccc(CN(C)C2CCCC2N)cc1C. The van der Waals surface area contributed by atoms with Gasteiger partial charge in [0.15, 0.2) is 0 Å². The smallest absolute Gasteiger partial charge is 0.121 e. The van der Waals surface area contributed by atoms with Crippen LogP contribution in [-0.4, -0.2) is 31.1 Å². The van der Waals surface area contributed by atoms with Crippen molar-refractivity contribution in [2.75, 3.05) is 14.2 Å². The average molecular weight is 248 g/mol. The zero-order valence-electron chi connectivity index (χ0n) is 11.6. The van der Waals surface area contributed by atoms with Gasteiger partial charge in [-0.1, -0.05) is 18.6 Å². The van der Waals surface area contributed by atoms with Gasteiger partial charge in [-0.15, -0.1) is 0 Å². The maximum absolute atomic E-state index is 6.15. The Hall–Kier alpha value is -1.06. The lowest BCUT2D eigenvalue weighted by Gasteiger charge is -2.27. The van der Waals surface area contributed by atoms with Gasteiger partial charge in [-0.05, 0) is 44.0 Å². The number of likely N-dealkylation sites (N-methyl/N-ethyl adjacent to an activating group) is 1. The van der Waals surface area contributed by atoms with E-state index in [1.807, 2.05) is 6.07 Å². The summed E-state index contributed by atoms with van der Waals surface area (Å²) in [6.45, 7) is 3.05. The fourth-order valence-electron chi connectivity index (χ4n) is 2.96. The maximum atomic E-state index is 6.15. The van der Waals surface area contributed by atoms with Crippen LogP contribution < -0.4 is 10.5 Å². The first kappa shape index (κ1) is 13.4. The number of nitrogens with zero attached hydrogens (tertiary/aromatic N) is 1. The fraction of sp³-hybridized carbons (Fsp3) is 0.600. The third kappa shape index (κ3) is 2.85. The van der Waals surface area contributed by atoms with Crippen molar-refractivity contribution >= 4 is 0 Å². The van der Waals surface area contributed by atoms with Gasteiger partial charge in [-0.25, -0.2) is 0 Å². The summed E-state index contributed by atoms with van der Waals surface area (Å²) in [4.78, 5) is 2.39. The molecule has 3 nitrogen and oxygen atoms in total. The largest absolute Gasteiger partial charge is 0.496 e. The second-order valence-electron chi connectivity index (χ2n) is 5.38. The van der Waals surface area contributed by atoms with Crippen LogP contribution >= 0.6 is 0 Å². The summed E-state index contributed by atoms with van der Waals surface area (Å²) in [6.07, 6.45) is 3.65. The van der Waals surface area contributed by atoms with Crippen LogP contribution in [0.25, 0.3) is 0 Å². The van der Waals surface area contributed by atoms with E-state index in [-0.39, 0.29) is 0 Å². The topological polar surface area (TPSA) is 38.5 Å². The predicted octanol–water partition coefficient (Wildman–Crippen LogP) is 2.32. The van der Waals surface area contributed by atoms with E-state index >= 15 is 0 Å². The van der Waals surface area contributed by atoms with Crippen molar-refractivity contribution in [1.29, 1.82) is 0 Å². The molecule has 0 spiro atoms. The van der Waals surface area contributed by atoms with Gasteiger partial charge in [0.2, 0.25) is 0 Å². The third-order valence-corrected chi connectivity index (χ3v) is 3.99. The monoisotopic (exact) mass is 248 g/mol. The van der Waals surface area contributed by atoms with E-state index in [0.29, 0.717) is 12.1 Å². The number of hydrogen-bond donors (Lipinski definition) is 1. The van der Waals surface area contributed by atoms with Crippen molar-refractivity contribution in [3.63, 3.8) is 0 Å². The van der Waals surface area contributed by atoms with Gasteiger partial charge in [0.25, 0.3) is 0 Å². The van der Waals surface area contributed by atoms with Crippen LogP contribution in [0.3, 0.4) is 0 Å². The van der Waals surface area contributed by atoms with Crippen molar-refractivity contribution < 1.29 is 4.74 Å². The van der Waals surface area contributed by atoms with Crippen LogP contribution in [0.4, 0.5) is 0 Å². The molecule has 1 aliphatic rings. The Morgan fingerprint density at radius 1 is 1.39 bits per heavy atom. The summed E-state index contributed by atoms with van der Waals surface area (Å²) in [6, 6.07) is 7.27. The molecular formula is C15H24N2O. The number of ether oxygens (including phenoxy) is 1. The van der Waals surface area contributed by atoms with Gasteiger partial charge in [-0.2, -0.15) is 0 Å². The Morgan fingerprint density at radius 3 is 2.72 bits per heavy atom. The number of benzene rings is 1. The molecule has 18 heavy (non-hydrogen) atoms. The number of hydrogen-bond acceptors (Lipinski definition) is 3. The predicted molar refractivity (Wildman–Crippen MR) is 74.8 cm³/mol. The standard InChI is InChI=1S/C15H24N2O/c1-11-9-12(7-8-15(11)18-3)10-17(2)14-6-4-5-13(14)16/h7-9,13-14H,4-6,10,16H2,1-3H3. The number of aryl methyl sites for hydroxylation is 1. The van der Waals surface area contributed by atoms with E-state index in [9.17, 15) is 0 Å². The molecule has 100 valence electrons. The van der Waals surface area contributed by atoms with Crippen molar-refractivity contribution in [2.45, 2.75) is 44.8 Å². The highest BCUT2D eigenvalue weighted by molar-refractivity contribution is 5.36. The molecule has 2 atom stereocenters. The summed E-state index contributed by atoms with van der Waals surface area (Å²) >= 11 is 0. The fourth-order valence-corrected chi connectivity index (χ4v) is 2.96. The zero-order chi connectivity index (χ0) is 13.1. The van der Waals surface area contributed by atoms with Crippen LogP contribution in [0.2, 0.25) is 0 Å². The van der Waals surface area contributed by atoms with E-state index in [0.717, 1.165) is 18.7 Å². The summed E-state index contributed by atoms with van der Waals surface area (Å²) in [7, 11) is 3.89. The van der Waals surface area contributed by atoms with Gasteiger partial charge in [0.1, 0.15) is 5.75 Å². The molecule has 0 aromatic heterocycles. The van der Waals surface area contributed by atoms with E-state index in [4.69, 9.17) is 10.5 Å². The molecular weight excluding hydrogens is 224 g/mol. The van der Waals surface area contributed by atoms with Crippen LogP contribution in [0.5, 0.6) is 5.75 Å². The van der Waals surface area contributed by atoms with Crippen LogP contribution in [0.1, 0.15) is 30.4 Å². The minimum atomic E-state index is 0.342. The quantitative estimate of drug-likeness (QED) is 0.888. The molecule has 1 saturated carbocycles. The maximum Gasteiger partial charge on any atom is 0.121 e. The molecule has 2 unspecified atom stereocenters. The molecule has 0 amide bonds. The lowest BCUT2D eigenvalue weighted by molar-refractivity contribution is 0.220. The van der Waals surface area contributed by atoms with Gasteiger partial charge in [-0.3, -0.25) is 4.90 Å². The molecule has 0 heterocycles.